The summed E-state index contributed by atoms with van der Waals surface area (Å²) in [6.45, 7) is 2.70. The first-order valence-electron chi connectivity index (χ1n) is 9.00. The van der Waals surface area contributed by atoms with Crippen LogP contribution in [0.5, 0.6) is 5.75 Å². The van der Waals surface area contributed by atoms with E-state index in [4.69, 9.17) is 4.74 Å². The van der Waals surface area contributed by atoms with E-state index in [1.165, 1.54) is 6.33 Å². The average molecular weight is 400 g/mol. The Labute approximate surface area is 168 Å². The van der Waals surface area contributed by atoms with E-state index in [0.29, 0.717) is 12.4 Å². The number of benzene rings is 1. The molecule has 0 fully saturated rings. The van der Waals surface area contributed by atoms with Crippen molar-refractivity contribution in [3.63, 3.8) is 0 Å². The van der Waals surface area contributed by atoms with E-state index >= 15 is 0 Å². The van der Waals surface area contributed by atoms with Gasteiger partial charge in [0.05, 0.1) is 25.1 Å². The molecule has 1 atom stereocenters. The number of anilines is 1. The van der Waals surface area contributed by atoms with E-state index < -0.39 is 0 Å². The molecular weight excluding hydrogens is 374 g/mol. The number of hydrogen-bond acceptors (Lipinski definition) is 7. The Hall–Kier alpha value is -2.71. The van der Waals surface area contributed by atoms with Gasteiger partial charge < -0.3 is 20.3 Å². The van der Waals surface area contributed by atoms with Crippen molar-refractivity contribution in [3.05, 3.63) is 47.1 Å². The van der Waals surface area contributed by atoms with Crippen molar-refractivity contribution in [3.8, 4) is 5.75 Å². The van der Waals surface area contributed by atoms with Crippen molar-refractivity contribution in [2.45, 2.75) is 13.0 Å². The fourth-order valence-corrected chi connectivity index (χ4v) is 3.83. The van der Waals surface area contributed by atoms with E-state index in [9.17, 15) is 4.79 Å². The summed E-state index contributed by atoms with van der Waals surface area (Å²) in [4.78, 5) is 25.1. The molecule has 0 aliphatic rings. The maximum absolute atomic E-state index is 12.4. The van der Waals surface area contributed by atoms with Crippen molar-refractivity contribution in [1.29, 1.82) is 0 Å². The summed E-state index contributed by atoms with van der Waals surface area (Å²) < 4.78 is 5.21. The van der Waals surface area contributed by atoms with Crippen LogP contribution in [0.25, 0.3) is 10.2 Å². The number of aromatic nitrogens is 2. The number of rotatable bonds is 8. The molecule has 2 heterocycles. The van der Waals surface area contributed by atoms with Gasteiger partial charge in [-0.15, -0.1) is 11.3 Å². The van der Waals surface area contributed by atoms with Crippen LogP contribution < -0.4 is 15.4 Å². The molecule has 7 nitrogen and oxygen atoms in total. The van der Waals surface area contributed by atoms with Gasteiger partial charge in [-0.3, -0.25) is 4.79 Å². The number of hydrogen-bond donors (Lipinski definition) is 2. The maximum Gasteiger partial charge on any atom is 0.239 e. The largest absolute Gasteiger partial charge is 0.497 e. The Morgan fingerprint density at radius 2 is 2.00 bits per heavy atom. The molecule has 0 radical (unpaired) electrons. The van der Waals surface area contributed by atoms with Gasteiger partial charge in [0.1, 0.15) is 22.7 Å². The Morgan fingerprint density at radius 3 is 2.68 bits per heavy atom. The average Bonchev–Trinajstić information content (AvgIpc) is 3.07. The SMILES string of the molecule is COc1ccc(C(CNC(=O)CNc2ncnc3sc(C)cc23)N(C)C)cc1. The quantitative estimate of drug-likeness (QED) is 0.606. The summed E-state index contributed by atoms with van der Waals surface area (Å²) in [7, 11) is 5.64. The van der Waals surface area contributed by atoms with Crippen molar-refractivity contribution >= 4 is 33.3 Å². The zero-order valence-corrected chi connectivity index (χ0v) is 17.3. The third kappa shape index (κ3) is 4.76. The minimum absolute atomic E-state index is 0.0696. The Bertz CT molecular complexity index is 939. The fraction of sp³-hybridized carbons (Fsp3) is 0.350. The lowest BCUT2D eigenvalue weighted by molar-refractivity contribution is -0.119. The maximum atomic E-state index is 12.4. The normalized spacial score (nSPS) is 12.2. The van der Waals surface area contributed by atoms with Crippen LogP contribution in [-0.2, 0) is 4.79 Å². The summed E-state index contributed by atoms with van der Waals surface area (Å²) >= 11 is 1.61. The van der Waals surface area contributed by atoms with E-state index in [1.54, 1.807) is 18.4 Å². The summed E-state index contributed by atoms with van der Waals surface area (Å²) in [5.74, 6) is 1.41. The first kappa shape index (κ1) is 20.0. The number of carbonyl (C=O) groups is 1. The minimum Gasteiger partial charge on any atom is -0.497 e. The van der Waals surface area contributed by atoms with Crippen molar-refractivity contribution in [2.75, 3.05) is 39.6 Å². The summed E-state index contributed by atoms with van der Waals surface area (Å²) in [6.07, 6.45) is 1.52. The van der Waals surface area contributed by atoms with Gasteiger partial charge in [0.15, 0.2) is 0 Å². The van der Waals surface area contributed by atoms with Gasteiger partial charge in [-0.1, -0.05) is 12.1 Å². The number of methoxy groups -OCH3 is 1. The second-order valence-electron chi connectivity index (χ2n) is 6.71. The predicted octanol–water partition coefficient (Wildman–Crippen LogP) is 2.84. The van der Waals surface area contributed by atoms with Gasteiger partial charge >= 0.3 is 0 Å². The first-order chi connectivity index (χ1) is 13.5. The summed E-state index contributed by atoms with van der Waals surface area (Å²) in [5, 5.41) is 7.07. The molecule has 28 heavy (non-hydrogen) atoms. The minimum atomic E-state index is -0.0842. The van der Waals surface area contributed by atoms with Gasteiger partial charge in [-0.25, -0.2) is 9.97 Å². The monoisotopic (exact) mass is 399 g/mol. The molecule has 0 bridgehead atoms. The molecule has 0 aliphatic carbocycles. The number of nitrogens with zero attached hydrogens (tertiary/aromatic N) is 3. The van der Waals surface area contributed by atoms with E-state index in [-0.39, 0.29) is 18.5 Å². The summed E-state index contributed by atoms with van der Waals surface area (Å²) in [6, 6.07) is 10.00. The van der Waals surface area contributed by atoms with Crippen LogP contribution >= 0.6 is 11.3 Å². The van der Waals surface area contributed by atoms with Crippen LogP contribution in [0, 0.1) is 6.92 Å². The Kier molecular flexibility index (Phi) is 6.43. The number of nitrogens with one attached hydrogen (secondary N) is 2. The third-order valence-corrected chi connectivity index (χ3v) is 5.44. The first-order valence-corrected chi connectivity index (χ1v) is 9.81. The Morgan fingerprint density at radius 1 is 1.25 bits per heavy atom. The van der Waals surface area contributed by atoms with E-state index in [0.717, 1.165) is 26.4 Å². The number of ether oxygens (including phenoxy) is 1. The molecule has 1 amide bonds. The molecule has 8 heteroatoms. The van der Waals surface area contributed by atoms with Gasteiger partial charge in [0, 0.05) is 11.4 Å². The van der Waals surface area contributed by atoms with E-state index in [2.05, 4.69) is 25.5 Å². The number of fused-ring (bicyclic) bond motifs is 1. The fourth-order valence-electron chi connectivity index (χ4n) is 2.98. The molecule has 0 spiro atoms. The topological polar surface area (TPSA) is 79.4 Å². The third-order valence-electron chi connectivity index (χ3n) is 4.49. The highest BCUT2D eigenvalue weighted by Crippen LogP contribution is 2.27. The highest BCUT2D eigenvalue weighted by Gasteiger charge is 2.16. The predicted molar refractivity (Wildman–Crippen MR) is 113 cm³/mol. The second-order valence-corrected chi connectivity index (χ2v) is 7.94. The van der Waals surface area contributed by atoms with Crippen LogP contribution in [0.15, 0.2) is 36.7 Å². The number of aryl methyl sites for hydroxylation is 1. The second kappa shape index (κ2) is 8.99. The van der Waals surface area contributed by atoms with Gasteiger partial charge in [-0.05, 0) is 44.8 Å². The molecule has 148 valence electrons. The molecule has 0 saturated heterocycles. The Balaban J connectivity index is 1.58. The number of carbonyl (C=O) groups excluding carboxylic acids is 1. The molecule has 1 aromatic carbocycles. The number of amides is 1. The highest BCUT2D eigenvalue weighted by molar-refractivity contribution is 7.18. The zero-order chi connectivity index (χ0) is 20.1. The molecule has 3 rings (SSSR count). The molecule has 0 aliphatic heterocycles. The smallest absolute Gasteiger partial charge is 0.239 e. The van der Waals surface area contributed by atoms with Crippen LogP contribution in [0.3, 0.4) is 0 Å². The van der Waals surface area contributed by atoms with Crippen molar-refractivity contribution in [1.82, 2.24) is 20.2 Å². The number of thiophene rings is 1. The van der Waals surface area contributed by atoms with Crippen LogP contribution in [0.1, 0.15) is 16.5 Å². The van der Waals surface area contributed by atoms with Gasteiger partial charge in [-0.2, -0.15) is 0 Å². The molecule has 2 N–H and O–H groups in total. The van der Waals surface area contributed by atoms with Crippen LogP contribution in [-0.4, -0.2) is 55.1 Å². The van der Waals surface area contributed by atoms with Crippen LogP contribution in [0.4, 0.5) is 5.82 Å². The molecule has 3 aromatic rings. The lowest BCUT2D eigenvalue weighted by Crippen LogP contribution is -2.37. The zero-order valence-electron chi connectivity index (χ0n) is 16.5. The molecule has 2 aromatic heterocycles. The molecule has 0 saturated carbocycles. The standard InChI is InChI=1S/C20H25N5O2S/c1-13-9-16-19(23-12-24-20(16)28-13)22-11-18(26)21-10-17(25(2)3)14-5-7-15(27-4)8-6-14/h5-9,12,17H,10-11H2,1-4H3,(H,21,26)(H,22,23,24). The van der Waals surface area contributed by atoms with Crippen molar-refractivity contribution < 1.29 is 9.53 Å². The van der Waals surface area contributed by atoms with Gasteiger partial charge in [0.25, 0.3) is 0 Å². The summed E-state index contributed by atoms with van der Waals surface area (Å²) in [5.41, 5.74) is 1.12. The molecule has 1 unspecified atom stereocenters. The van der Waals surface area contributed by atoms with Gasteiger partial charge in [0.2, 0.25) is 5.91 Å². The van der Waals surface area contributed by atoms with Crippen molar-refractivity contribution in [2.24, 2.45) is 0 Å². The number of likely N-dealkylation sites (N-methyl/N-ethyl adjacent to an activating group) is 1. The lowest BCUT2D eigenvalue weighted by atomic mass is 10.1. The highest BCUT2D eigenvalue weighted by atomic mass is 32.1. The molecular formula is C20H25N5O2S. The lowest BCUT2D eigenvalue weighted by Gasteiger charge is -2.25. The van der Waals surface area contributed by atoms with Crippen LogP contribution in [0.2, 0.25) is 0 Å². The van der Waals surface area contributed by atoms with E-state index in [1.807, 2.05) is 51.4 Å².